The summed E-state index contributed by atoms with van der Waals surface area (Å²) in [6.07, 6.45) is 6.12. The van der Waals surface area contributed by atoms with Gasteiger partial charge in [-0.2, -0.15) is 0 Å². The Labute approximate surface area is 212 Å². The fourth-order valence-corrected chi connectivity index (χ4v) is 4.19. The van der Waals surface area contributed by atoms with E-state index in [0.717, 1.165) is 11.3 Å². The smallest absolute Gasteiger partial charge is 0.255 e. The first-order chi connectivity index (χ1) is 17.5. The summed E-state index contributed by atoms with van der Waals surface area (Å²) in [5, 5.41) is 7.97. The molecule has 2 aromatic heterocycles. The standard InChI is InChI=1S/C27H23N5O3S/c1-19(33)32(24-8-3-2-4-9-24)27-31-23(18-36-27)10-11-25(34)29-17-20-6-5-7-22(16-20)30-26(35)21-12-14-28-15-13-21/h2-16,18H,17H2,1H3,(H,29,34)(H,30,35)/b11-10+. The summed E-state index contributed by atoms with van der Waals surface area (Å²) >= 11 is 1.32. The molecule has 0 atom stereocenters. The molecule has 0 radical (unpaired) electrons. The first-order valence-electron chi connectivity index (χ1n) is 11.1. The highest BCUT2D eigenvalue weighted by molar-refractivity contribution is 7.14. The van der Waals surface area contributed by atoms with Gasteiger partial charge in [0.05, 0.1) is 11.4 Å². The zero-order valence-corrected chi connectivity index (χ0v) is 20.2. The Hall–Kier alpha value is -4.63. The monoisotopic (exact) mass is 497 g/mol. The molecule has 0 aliphatic heterocycles. The molecule has 0 spiro atoms. The van der Waals surface area contributed by atoms with E-state index in [1.807, 2.05) is 42.5 Å². The second-order valence-corrected chi connectivity index (χ2v) is 8.52. The number of thiazole rings is 1. The zero-order valence-electron chi connectivity index (χ0n) is 19.4. The van der Waals surface area contributed by atoms with Crippen LogP contribution in [0.1, 0.15) is 28.5 Å². The van der Waals surface area contributed by atoms with Gasteiger partial charge in [0.1, 0.15) is 0 Å². The Morgan fingerprint density at radius 3 is 2.53 bits per heavy atom. The van der Waals surface area contributed by atoms with E-state index in [2.05, 4.69) is 20.6 Å². The van der Waals surface area contributed by atoms with Crippen LogP contribution in [0.25, 0.3) is 6.08 Å². The van der Waals surface area contributed by atoms with Crippen molar-refractivity contribution in [2.24, 2.45) is 0 Å². The molecule has 2 aromatic carbocycles. The Morgan fingerprint density at radius 1 is 1.00 bits per heavy atom. The Kier molecular flexibility index (Phi) is 7.94. The molecule has 36 heavy (non-hydrogen) atoms. The molecule has 0 aliphatic rings. The van der Waals surface area contributed by atoms with Crippen LogP contribution >= 0.6 is 11.3 Å². The minimum atomic E-state index is -0.290. The lowest BCUT2D eigenvalue weighted by atomic mass is 10.2. The molecule has 0 saturated carbocycles. The molecule has 0 unspecified atom stereocenters. The molecule has 2 N–H and O–H groups in total. The average molecular weight is 498 g/mol. The summed E-state index contributed by atoms with van der Waals surface area (Å²) in [4.78, 5) is 46.8. The van der Waals surface area contributed by atoms with Gasteiger partial charge in [0.15, 0.2) is 5.13 Å². The number of carbonyl (C=O) groups excluding carboxylic acids is 3. The maximum atomic E-state index is 12.3. The lowest BCUT2D eigenvalue weighted by Gasteiger charge is -2.17. The molecule has 0 fully saturated rings. The van der Waals surface area contributed by atoms with Crippen LogP contribution in [-0.4, -0.2) is 27.7 Å². The van der Waals surface area contributed by atoms with Crippen LogP contribution in [-0.2, 0) is 16.1 Å². The van der Waals surface area contributed by atoms with Crippen LogP contribution < -0.4 is 15.5 Å². The number of rotatable bonds is 8. The fraction of sp³-hybridized carbons (Fsp3) is 0.0741. The van der Waals surface area contributed by atoms with Gasteiger partial charge in [-0.25, -0.2) is 4.98 Å². The number of nitrogens with one attached hydrogen (secondary N) is 2. The Morgan fingerprint density at radius 2 is 1.78 bits per heavy atom. The highest BCUT2D eigenvalue weighted by Crippen LogP contribution is 2.29. The summed E-state index contributed by atoms with van der Waals surface area (Å²) in [7, 11) is 0. The van der Waals surface area contributed by atoms with Crippen LogP contribution in [0.2, 0.25) is 0 Å². The van der Waals surface area contributed by atoms with Crippen LogP contribution in [0.15, 0.2) is 90.6 Å². The van der Waals surface area contributed by atoms with E-state index in [-0.39, 0.29) is 24.3 Å². The highest BCUT2D eigenvalue weighted by atomic mass is 32.1. The van der Waals surface area contributed by atoms with Gasteiger partial charge in [-0.1, -0.05) is 30.3 Å². The first kappa shape index (κ1) is 24.5. The quantitative estimate of drug-likeness (QED) is 0.340. The molecule has 4 rings (SSSR count). The van der Waals surface area contributed by atoms with E-state index in [1.165, 1.54) is 29.2 Å². The third-order valence-corrected chi connectivity index (χ3v) is 5.87. The van der Waals surface area contributed by atoms with Crippen molar-refractivity contribution in [2.75, 3.05) is 10.2 Å². The maximum Gasteiger partial charge on any atom is 0.255 e. The number of carbonyl (C=O) groups is 3. The van der Waals surface area contributed by atoms with E-state index in [0.29, 0.717) is 22.1 Å². The fourth-order valence-electron chi connectivity index (χ4n) is 3.33. The Bertz CT molecular complexity index is 1390. The number of hydrogen-bond acceptors (Lipinski definition) is 6. The second kappa shape index (κ2) is 11.7. The van der Waals surface area contributed by atoms with Crippen molar-refractivity contribution in [3.05, 3.63) is 107 Å². The van der Waals surface area contributed by atoms with Crippen LogP contribution in [0.3, 0.4) is 0 Å². The highest BCUT2D eigenvalue weighted by Gasteiger charge is 2.17. The molecule has 0 aliphatic carbocycles. The number of pyridine rings is 1. The van der Waals surface area contributed by atoms with E-state index in [1.54, 1.807) is 48.1 Å². The largest absolute Gasteiger partial charge is 0.348 e. The second-order valence-electron chi connectivity index (χ2n) is 7.69. The third-order valence-electron chi connectivity index (χ3n) is 5.03. The number of nitrogens with zero attached hydrogens (tertiary/aromatic N) is 3. The number of hydrogen-bond donors (Lipinski definition) is 2. The minimum absolute atomic E-state index is 0.150. The summed E-state index contributed by atoms with van der Waals surface area (Å²) in [6.45, 7) is 1.77. The van der Waals surface area contributed by atoms with Crippen molar-refractivity contribution in [3.63, 3.8) is 0 Å². The lowest BCUT2D eigenvalue weighted by molar-refractivity contribution is -0.117. The van der Waals surface area contributed by atoms with Crippen LogP contribution in [0, 0.1) is 0 Å². The first-order valence-corrected chi connectivity index (χ1v) is 11.9. The minimum Gasteiger partial charge on any atom is -0.348 e. The molecule has 3 amide bonds. The van der Waals surface area contributed by atoms with Gasteiger partial charge in [-0.15, -0.1) is 11.3 Å². The molecular formula is C27H23N5O3S. The van der Waals surface area contributed by atoms with Crippen molar-refractivity contribution >= 4 is 51.6 Å². The number of aromatic nitrogens is 2. The maximum absolute atomic E-state index is 12.3. The molecule has 180 valence electrons. The van der Waals surface area contributed by atoms with Gasteiger partial charge in [-0.05, 0) is 48.0 Å². The van der Waals surface area contributed by atoms with Crippen molar-refractivity contribution in [3.8, 4) is 0 Å². The molecule has 4 aromatic rings. The topological polar surface area (TPSA) is 104 Å². The van der Waals surface area contributed by atoms with Crippen molar-refractivity contribution in [1.29, 1.82) is 0 Å². The number of anilines is 3. The van der Waals surface area contributed by atoms with Gasteiger partial charge in [0, 0.05) is 48.6 Å². The predicted octanol–water partition coefficient (Wildman–Crippen LogP) is 4.80. The van der Waals surface area contributed by atoms with Gasteiger partial charge in [-0.3, -0.25) is 24.3 Å². The summed E-state index contributed by atoms with van der Waals surface area (Å²) in [5.74, 6) is -0.676. The average Bonchev–Trinajstić information content (AvgIpc) is 3.36. The summed E-state index contributed by atoms with van der Waals surface area (Å²) in [5.41, 5.74) is 3.27. The van der Waals surface area contributed by atoms with Crippen LogP contribution in [0.4, 0.5) is 16.5 Å². The number of benzene rings is 2. The molecule has 0 saturated heterocycles. The molecule has 8 nitrogen and oxygen atoms in total. The SMILES string of the molecule is CC(=O)N(c1ccccc1)c1nc(/C=C/C(=O)NCc2cccc(NC(=O)c3ccncc3)c2)cs1. The Balaban J connectivity index is 1.33. The van der Waals surface area contributed by atoms with E-state index in [4.69, 9.17) is 0 Å². The zero-order chi connectivity index (χ0) is 25.3. The van der Waals surface area contributed by atoms with E-state index in [9.17, 15) is 14.4 Å². The van der Waals surface area contributed by atoms with Crippen molar-refractivity contribution < 1.29 is 14.4 Å². The molecule has 2 heterocycles. The van der Waals surface area contributed by atoms with E-state index >= 15 is 0 Å². The number of para-hydroxylation sites is 1. The molecular weight excluding hydrogens is 474 g/mol. The number of amides is 3. The van der Waals surface area contributed by atoms with Gasteiger partial charge < -0.3 is 10.6 Å². The van der Waals surface area contributed by atoms with Gasteiger partial charge >= 0.3 is 0 Å². The van der Waals surface area contributed by atoms with Crippen LogP contribution in [0.5, 0.6) is 0 Å². The van der Waals surface area contributed by atoms with E-state index < -0.39 is 0 Å². The van der Waals surface area contributed by atoms with Gasteiger partial charge in [0.25, 0.3) is 5.91 Å². The molecule has 0 bridgehead atoms. The normalized spacial score (nSPS) is 10.7. The summed E-state index contributed by atoms with van der Waals surface area (Å²) in [6, 6.07) is 19.8. The predicted molar refractivity (Wildman–Crippen MR) is 141 cm³/mol. The van der Waals surface area contributed by atoms with Gasteiger partial charge in [0.2, 0.25) is 11.8 Å². The summed E-state index contributed by atoms with van der Waals surface area (Å²) < 4.78 is 0. The lowest BCUT2D eigenvalue weighted by Crippen LogP contribution is -2.22. The third kappa shape index (κ3) is 6.49. The van der Waals surface area contributed by atoms with Crippen molar-refractivity contribution in [2.45, 2.75) is 13.5 Å². The molecule has 9 heteroatoms. The van der Waals surface area contributed by atoms with Crippen molar-refractivity contribution in [1.82, 2.24) is 15.3 Å².